The third kappa shape index (κ3) is 4.27. The van der Waals surface area contributed by atoms with Crippen molar-refractivity contribution in [3.8, 4) is 0 Å². The topological polar surface area (TPSA) is 26.8 Å². The molecule has 2 aliphatic rings. The highest BCUT2D eigenvalue weighted by atomic mass is 35.5. The molecule has 6 heteroatoms. The fourth-order valence-corrected chi connectivity index (χ4v) is 4.69. The predicted octanol–water partition coefficient (Wildman–Crippen LogP) is 2.89. The van der Waals surface area contributed by atoms with E-state index in [1.54, 1.807) is 6.07 Å². The third-order valence-corrected chi connectivity index (χ3v) is 6.37. The first kappa shape index (κ1) is 17.2. The smallest absolute Gasteiger partial charge is 0.263 e. The van der Waals surface area contributed by atoms with Gasteiger partial charge in [0.25, 0.3) is 5.91 Å². The minimum Gasteiger partial charge on any atom is -0.338 e. The van der Waals surface area contributed by atoms with Crippen molar-refractivity contribution >= 4 is 28.8 Å². The standard InChI is InChI=1S/C17H26ClN3OS/c1-13-11-19(2)9-10-21(13)12-14-5-7-20(8-6-14)17(22)15-3-4-16(18)23-15/h3-4,13-14H,5-12H2,1-2H3/t13-/m1/s1. The number of thiophene rings is 1. The Hall–Kier alpha value is -0.620. The van der Waals surface area contributed by atoms with E-state index in [0.717, 1.165) is 43.3 Å². The number of hydrogen-bond acceptors (Lipinski definition) is 4. The molecule has 1 amide bonds. The number of piperazine rings is 1. The van der Waals surface area contributed by atoms with Crippen LogP contribution in [-0.4, -0.2) is 73.0 Å². The van der Waals surface area contributed by atoms with Gasteiger partial charge in [0.05, 0.1) is 9.21 Å². The maximum atomic E-state index is 12.5. The molecular weight excluding hydrogens is 330 g/mol. The van der Waals surface area contributed by atoms with Crippen LogP contribution in [0.3, 0.4) is 0 Å². The number of rotatable bonds is 3. The van der Waals surface area contributed by atoms with Crippen LogP contribution in [0.4, 0.5) is 0 Å². The normalized spacial score (nSPS) is 25.0. The monoisotopic (exact) mass is 355 g/mol. The number of carbonyl (C=O) groups excluding carboxylic acids is 1. The maximum absolute atomic E-state index is 12.5. The van der Waals surface area contributed by atoms with Gasteiger partial charge in [-0.05, 0) is 44.9 Å². The Morgan fingerprint density at radius 1 is 1.26 bits per heavy atom. The van der Waals surface area contributed by atoms with E-state index in [4.69, 9.17) is 11.6 Å². The van der Waals surface area contributed by atoms with Gasteiger partial charge in [-0.1, -0.05) is 11.6 Å². The van der Waals surface area contributed by atoms with Crippen molar-refractivity contribution in [2.75, 3.05) is 46.3 Å². The lowest BCUT2D eigenvalue weighted by Gasteiger charge is -2.41. The molecule has 0 aromatic carbocycles. The highest BCUT2D eigenvalue weighted by Crippen LogP contribution is 2.26. The van der Waals surface area contributed by atoms with Crippen molar-refractivity contribution in [1.82, 2.24) is 14.7 Å². The second-order valence-corrected chi connectivity index (χ2v) is 8.66. The molecule has 23 heavy (non-hydrogen) atoms. The molecule has 2 saturated heterocycles. The Morgan fingerprint density at radius 3 is 2.61 bits per heavy atom. The summed E-state index contributed by atoms with van der Waals surface area (Å²) in [6.45, 7) is 8.76. The van der Waals surface area contributed by atoms with Gasteiger partial charge in [0.15, 0.2) is 0 Å². The van der Waals surface area contributed by atoms with Crippen molar-refractivity contribution in [3.05, 3.63) is 21.3 Å². The van der Waals surface area contributed by atoms with Crippen molar-refractivity contribution in [2.45, 2.75) is 25.8 Å². The van der Waals surface area contributed by atoms with Gasteiger partial charge in [-0.3, -0.25) is 9.69 Å². The molecule has 128 valence electrons. The second-order valence-electron chi connectivity index (χ2n) is 6.95. The molecule has 0 unspecified atom stereocenters. The van der Waals surface area contributed by atoms with Crippen molar-refractivity contribution in [1.29, 1.82) is 0 Å². The molecule has 0 bridgehead atoms. The average Bonchev–Trinajstić information content (AvgIpc) is 2.97. The number of amides is 1. The molecule has 3 heterocycles. The summed E-state index contributed by atoms with van der Waals surface area (Å²) in [5.41, 5.74) is 0. The maximum Gasteiger partial charge on any atom is 0.263 e. The summed E-state index contributed by atoms with van der Waals surface area (Å²) >= 11 is 7.32. The highest BCUT2D eigenvalue weighted by Gasteiger charge is 2.28. The van der Waals surface area contributed by atoms with Crippen LogP contribution in [0.25, 0.3) is 0 Å². The van der Waals surface area contributed by atoms with Crippen LogP contribution in [0, 0.1) is 5.92 Å². The number of carbonyl (C=O) groups is 1. The van der Waals surface area contributed by atoms with Gasteiger partial charge >= 0.3 is 0 Å². The van der Waals surface area contributed by atoms with Gasteiger partial charge in [0, 0.05) is 45.3 Å². The molecule has 3 rings (SSSR count). The minimum atomic E-state index is 0.147. The molecule has 1 atom stereocenters. The summed E-state index contributed by atoms with van der Waals surface area (Å²) in [7, 11) is 2.20. The van der Waals surface area contributed by atoms with Crippen LogP contribution in [0.1, 0.15) is 29.4 Å². The van der Waals surface area contributed by atoms with Gasteiger partial charge in [0.2, 0.25) is 0 Å². The van der Waals surface area contributed by atoms with E-state index in [-0.39, 0.29) is 5.91 Å². The van der Waals surface area contributed by atoms with E-state index >= 15 is 0 Å². The Balaban J connectivity index is 1.48. The van der Waals surface area contributed by atoms with Crippen molar-refractivity contribution < 1.29 is 4.79 Å². The van der Waals surface area contributed by atoms with Gasteiger partial charge in [0.1, 0.15) is 0 Å². The molecule has 0 spiro atoms. The molecule has 1 aromatic heterocycles. The van der Waals surface area contributed by atoms with Crippen LogP contribution >= 0.6 is 22.9 Å². The van der Waals surface area contributed by atoms with Crippen LogP contribution in [-0.2, 0) is 0 Å². The second kappa shape index (κ2) is 7.51. The SMILES string of the molecule is C[C@@H]1CN(C)CCN1CC1CCN(C(=O)c2ccc(Cl)s2)CC1. The van der Waals surface area contributed by atoms with Gasteiger partial charge in [-0.15, -0.1) is 11.3 Å². The van der Waals surface area contributed by atoms with Crippen molar-refractivity contribution in [3.63, 3.8) is 0 Å². The van der Waals surface area contributed by atoms with Gasteiger partial charge < -0.3 is 9.80 Å². The summed E-state index contributed by atoms with van der Waals surface area (Å²) in [4.78, 5) is 20.3. The van der Waals surface area contributed by atoms with Gasteiger partial charge in [-0.2, -0.15) is 0 Å². The molecule has 4 nitrogen and oxygen atoms in total. The number of halogens is 1. The largest absolute Gasteiger partial charge is 0.338 e. The van der Waals surface area contributed by atoms with E-state index < -0.39 is 0 Å². The van der Waals surface area contributed by atoms with E-state index in [0.29, 0.717) is 10.4 Å². The number of hydrogen-bond donors (Lipinski definition) is 0. The summed E-state index contributed by atoms with van der Waals surface area (Å²) in [5, 5.41) is 0. The fourth-order valence-electron chi connectivity index (χ4n) is 3.68. The number of piperidine rings is 1. The molecule has 0 aliphatic carbocycles. The van der Waals surface area contributed by atoms with Crippen LogP contribution in [0.2, 0.25) is 4.34 Å². The Morgan fingerprint density at radius 2 is 2.00 bits per heavy atom. The molecule has 0 N–H and O–H groups in total. The predicted molar refractivity (Wildman–Crippen MR) is 96.5 cm³/mol. The minimum absolute atomic E-state index is 0.147. The summed E-state index contributed by atoms with van der Waals surface area (Å²) < 4.78 is 0.687. The molecule has 0 saturated carbocycles. The lowest BCUT2D eigenvalue weighted by atomic mass is 9.95. The summed E-state index contributed by atoms with van der Waals surface area (Å²) in [6.07, 6.45) is 2.23. The van der Waals surface area contributed by atoms with Crippen LogP contribution in [0.15, 0.2) is 12.1 Å². The molecule has 0 radical (unpaired) electrons. The van der Waals surface area contributed by atoms with Crippen LogP contribution in [0.5, 0.6) is 0 Å². The van der Waals surface area contributed by atoms with Crippen LogP contribution < -0.4 is 0 Å². The van der Waals surface area contributed by atoms with E-state index in [2.05, 4.69) is 23.8 Å². The Bertz CT molecular complexity index is 542. The molecule has 2 fully saturated rings. The quantitative estimate of drug-likeness (QED) is 0.834. The Labute approximate surface area is 148 Å². The zero-order chi connectivity index (χ0) is 16.4. The average molecular weight is 356 g/mol. The van der Waals surface area contributed by atoms with Gasteiger partial charge in [-0.25, -0.2) is 0 Å². The molecular formula is C17H26ClN3OS. The molecule has 1 aromatic rings. The summed E-state index contributed by atoms with van der Waals surface area (Å²) in [5.74, 6) is 0.866. The lowest BCUT2D eigenvalue weighted by Crippen LogP contribution is -2.52. The highest BCUT2D eigenvalue weighted by molar-refractivity contribution is 7.17. The van der Waals surface area contributed by atoms with Crippen molar-refractivity contribution in [2.24, 2.45) is 5.92 Å². The number of likely N-dealkylation sites (tertiary alicyclic amines) is 1. The first-order valence-corrected chi connectivity index (χ1v) is 9.69. The molecule has 2 aliphatic heterocycles. The fraction of sp³-hybridized carbons (Fsp3) is 0.706. The van der Waals surface area contributed by atoms with E-state index in [9.17, 15) is 4.79 Å². The Kier molecular flexibility index (Phi) is 5.62. The zero-order valence-corrected chi connectivity index (χ0v) is 15.6. The third-order valence-electron chi connectivity index (χ3n) is 5.15. The number of nitrogens with zero attached hydrogens (tertiary/aromatic N) is 3. The zero-order valence-electron chi connectivity index (χ0n) is 14.0. The van der Waals surface area contributed by atoms with E-state index in [1.807, 2.05) is 11.0 Å². The number of likely N-dealkylation sites (N-methyl/N-ethyl adjacent to an activating group) is 1. The van der Waals surface area contributed by atoms with E-state index in [1.165, 1.54) is 31.0 Å². The first-order valence-electron chi connectivity index (χ1n) is 8.50. The lowest BCUT2D eigenvalue weighted by molar-refractivity contribution is 0.0559. The summed E-state index contributed by atoms with van der Waals surface area (Å²) in [6, 6.07) is 4.29. The first-order chi connectivity index (χ1) is 11.0.